The summed E-state index contributed by atoms with van der Waals surface area (Å²) in [5.74, 6) is 0.244. The van der Waals surface area contributed by atoms with Crippen LogP contribution in [0, 0.1) is 5.92 Å². The van der Waals surface area contributed by atoms with Crippen LogP contribution in [0.2, 0.25) is 0 Å². The number of hydrogen-bond acceptors (Lipinski definition) is 8. The van der Waals surface area contributed by atoms with E-state index in [0.717, 1.165) is 25.7 Å². The molecular formula is C22H30N4O5S2. The van der Waals surface area contributed by atoms with Crippen LogP contribution in [0.15, 0.2) is 34.9 Å². The summed E-state index contributed by atoms with van der Waals surface area (Å²) in [5.41, 5.74) is 1.26. The second kappa shape index (κ2) is 11.0. The van der Waals surface area contributed by atoms with E-state index in [9.17, 15) is 13.2 Å². The van der Waals surface area contributed by atoms with Crippen LogP contribution in [-0.2, 0) is 32.0 Å². The van der Waals surface area contributed by atoms with E-state index in [2.05, 4.69) is 39.4 Å². The van der Waals surface area contributed by atoms with Crippen molar-refractivity contribution in [2.24, 2.45) is 5.92 Å². The van der Waals surface area contributed by atoms with Gasteiger partial charge in [-0.2, -0.15) is 22.0 Å². The topological polar surface area (TPSA) is 106 Å². The van der Waals surface area contributed by atoms with Gasteiger partial charge in [-0.3, -0.25) is 4.79 Å². The van der Waals surface area contributed by atoms with Crippen molar-refractivity contribution in [2.75, 3.05) is 19.6 Å². The van der Waals surface area contributed by atoms with Gasteiger partial charge in [0.15, 0.2) is 5.82 Å². The SMILES string of the molecule is O=C(OS)C1CCN(S(=O)(=O)N2CCCCC2c2nc(CCCc3ccccc3)no2)CC1. The average molecular weight is 495 g/mol. The third kappa shape index (κ3) is 5.76. The number of rotatable bonds is 8. The minimum Gasteiger partial charge on any atom is -0.394 e. The van der Waals surface area contributed by atoms with Crippen LogP contribution in [-0.4, -0.2) is 52.8 Å². The molecule has 2 aliphatic heterocycles. The third-order valence-corrected chi connectivity index (χ3v) is 8.66. The molecule has 0 radical (unpaired) electrons. The van der Waals surface area contributed by atoms with Gasteiger partial charge in [-0.15, -0.1) is 0 Å². The summed E-state index contributed by atoms with van der Waals surface area (Å²) in [7, 11) is -3.71. The van der Waals surface area contributed by atoms with E-state index in [1.54, 1.807) is 0 Å². The number of aromatic nitrogens is 2. The van der Waals surface area contributed by atoms with E-state index in [1.807, 2.05) is 18.2 Å². The molecule has 11 heteroatoms. The molecule has 9 nitrogen and oxygen atoms in total. The summed E-state index contributed by atoms with van der Waals surface area (Å²) in [6.07, 6.45) is 5.66. The Balaban J connectivity index is 1.39. The third-order valence-electron chi connectivity index (χ3n) is 6.43. The Morgan fingerprint density at radius 3 is 2.58 bits per heavy atom. The quantitative estimate of drug-likeness (QED) is 0.444. The Kier molecular flexibility index (Phi) is 8.05. The number of carbonyl (C=O) groups excluding carboxylic acids is 1. The maximum atomic E-state index is 13.4. The van der Waals surface area contributed by atoms with Gasteiger partial charge in [-0.05, 0) is 44.1 Å². The van der Waals surface area contributed by atoms with Crippen molar-refractivity contribution in [3.63, 3.8) is 0 Å². The molecule has 3 heterocycles. The van der Waals surface area contributed by atoms with Crippen molar-refractivity contribution < 1.29 is 21.9 Å². The first-order chi connectivity index (χ1) is 16.0. The number of carbonyl (C=O) groups is 1. The normalized spacial score (nSPS) is 21.2. The summed E-state index contributed by atoms with van der Waals surface area (Å²) >= 11 is 3.57. The molecule has 33 heavy (non-hydrogen) atoms. The predicted molar refractivity (Wildman–Crippen MR) is 124 cm³/mol. The Bertz CT molecular complexity index is 1020. The molecule has 1 atom stereocenters. The molecule has 1 aromatic heterocycles. The fraction of sp³-hybridized carbons (Fsp3) is 0.591. The zero-order chi connectivity index (χ0) is 23.3. The smallest absolute Gasteiger partial charge is 0.320 e. The van der Waals surface area contributed by atoms with Crippen LogP contribution in [0.25, 0.3) is 0 Å². The van der Waals surface area contributed by atoms with Crippen LogP contribution in [0.3, 0.4) is 0 Å². The highest BCUT2D eigenvalue weighted by molar-refractivity contribution is 7.86. The molecule has 1 aromatic carbocycles. The van der Waals surface area contributed by atoms with Crippen molar-refractivity contribution >= 4 is 29.1 Å². The van der Waals surface area contributed by atoms with Crippen LogP contribution in [0.1, 0.15) is 61.8 Å². The average Bonchev–Trinajstić information content (AvgIpc) is 3.33. The molecule has 2 aliphatic rings. The molecular weight excluding hydrogens is 464 g/mol. The Morgan fingerprint density at radius 1 is 1.09 bits per heavy atom. The summed E-state index contributed by atoms with van der Waals surface area (Å²) in [6, 6.07) is 9.77. The number of piperidine rings is 2. The molecule has 180 valence electrons. The number of benzene rings is 1. The molecule has 1 unspecified atom stereocenters. The molecule has 2 aromatic rings. The molecule has 0 N–H and O–H groups in total. The van der Waals surface area contributed by atoms with E-state index in [1.165, 1.54) is 14.2 Å². The van der Waals surface area contributed by atoms with Crippen molar-refractivity contribution in [1.29, 1.82) is 0 Å². The van der Waals surface area contributed by atoms with Gasteiger partial charge in [0, 0.05) is 39.0 Å². The van der Waals surface area contributed by atoms with E-state index in [-0.39, 0.29) is 19.0 Å². The van der Waals surface area contributed by atoms with Crippen LogP contribution < -0.4 is 0 Å². The molecule has 0 spiro atoms. The lowest BCUT2D eigenvalue weighted by molar-refractivity contribution is -0.138. The number of nitrogens with zero attached hydrogens (tertiary/aromatic N) is 4. The highest BCUT2D eigenvalue weighted by Crippen LogP contribution is 2.34. The first-order valence-corrected chi connectivity index (χ1v) is 13.2. The summed E-state index contributed by atoms with van der Waals surface area (Å²) in [6.45, 7) is 0.957. The van der Waals surface area contributed by atoms with E-state index in [4.69, 9.17) is 4.52 Å². The second-order valence-electron chi connectivity index (χ2n) is 8.60. The summed E-state index contributed by atoms with van der Waals surface area (Å²) in [5, 5.41) is 4.11. The van der Waals surface area contributed by atoms with Gasteiger partial charge >= 0.3 is 5.97 Å². The minimum absolute atomic E-state index is 0.271. The van der Waals surface area contributed by atoms with Crippen LogP contribution in [0.4, 0.5) is 0 Å². The number of aryl methyl sites for hydroxylation is 2. The van der Waals surface area contributed by atoms with Crippen molar-refractivity contribution in [3.05, 3.63) is 47.6 Å². The Labute approximate surface area is 200 Å². The van der Waals surface area contributed by atoms with Crippen molar-refractivity contribution in [3.8, 4) is 0 Å². The van der Waals surface area contributed by atoms with E-state index >= 15 is 0 Å². The largest absolute Gasteiger partial charge is 0.394 e. The summed E-state index contributed by atoms with van der Waals surface area (Å²) in [4.78, 5) is 16.3. The number of thiol groups is 1. The Morgan fingerprint density at radius 2 is 1.85 bits per heavy atom. The zero-order valence-electron chi connectivity index (χ0n) is 18.5. The molecule has 0 amide bonds. The first kappa shape index (κ1) is 24.2. The van der Waals surface area contributed by atoms with E-state index < -0.39 is 22.2 Å². The monoisotopic (exact) mass is 494 g/mol. The molecule has 0 aliphatic carbocycles. The lowest BCUT2D eigenvalue weighted by atomic mass is 9.99. The van der Waals surface area contributed by atoms with Gasteiger partial charge in [0.05, 0.1) is 5.92 Å². The second-order valence-corrected chi connectivity index (χ2v) is 10.7. The molecule has 0 bridgehead atoms. The highest BCUT2D eigenvalue weighted by Gasteiger charge is 2.41. The fourth-order valence-electron chi connectivity index (χ4n) is 4.57. The van der Waals surface area contributed by atoms with Gasteiger partial charge in [0.25, 0.3) is 10.2 Å². The molecule has 2 fully saturated rings. The lowest BCUT2D eigenvalue weighted by Gasteiger charge is -2.38. The van der Waals surface area contributed by atoms with Crippen molar-refractivity contribution in [1.82, 2.24) is 18.8 Å². The molecule has 2 saturated heterocycles. The Hall–Kier alpha value is -1.95. The maximum Gasteiger partial charge on any atom is 0.320 e. The number of hydrogen-bond donors (Lipinski definition) is 1. The maximum absolute atomic E-state index is 13.4. The highest BCUT2D eigenvalue weighted by atomic mass is 32.2. The molecule has 0 saturated carbocycles. The van der Waals surface area contributed by atoms with E-state index in [0.29, 0.717) is 43.9 Å². The standard InChI is InChI=1S/C22H30N4O5S2/c27-22(31-32)18-12-15-25(16-13-18)33(28,29)26-14-5-4-10-19(26)21-23-20(24-30-21)11-6-9-17-7-2-1-3-8-17/h1-3,7-8,18-19,32H,4-6,9-16H2. The van der Waals surface area contributed by atoms with Crippen LogP contribution in [0.5, 0.6) is 0 Å². The lowest BCUT2D eigenvalue weighted by Crippen LogP contribution is -2.50. The predicted octanol–water partition coefficient (Wildman–Crippen LogP) is 3.12. The summed E-state index contributed by atoms with van der Waals surface area (Å²) < 4.78 is 39.9. The zero-order valence-corrected chi connectivity index (χ0v) is 20.2. The van der Waals surface area contributed by atoms with Crippen LogP contribution >= 0.6 is 12.9 Å². The van der Waals surface area contributed by atoms with Crippen molar-refractivity contribution in [2.45, 2.75) is 57.4 Å². The van der Waals surface area contributed by atoms with Gasteiger partial charge in [-0.1, -0.05) is 41.9 Å². The van der Waals surface area contributed by atoms with Gasteiger partial charge in [0.2, 0.25) is 5.89 Å². The molecule has 4 rings (SSSR count). The van der Waals surface area contributed by atoms with Gasteiger partial charge in [0.1, 0.15) is 6.04 Å². The minimum atomic E-state index is -3.71. The first-order valence-electron chi connectivity index (χ1n) is 11.5. The van der Waals surface area contributed by atoms with Gasteiger partial charge in [-0.25, -0.2) is 0 Å². The van der Waals surface area contributed by atoms with Gasteiger partial charge < -0.3 is 8.71 Å². The fourth-order valence-corrected chi connectivity index (χ4v) is 6.57.